The highest BCUT2D eigenvalue weighted by Gasteiger charge is 2.37. The third-order valence-electron chi connectivity index (χ3n) is 9.72. The van der Waals surface area contributed by atoms with Gasteiger partial charge in [-0.15, -0.1) is 0 Å². The summed E-state index contributed by atoms with van der Waals surface area (Å²) in [5.41, 5.74) is 8.42. The summed E-state index contributed by atoms with van der Waals surface area (Å²) in [6.07, 6.45) is 2.58. The first-order chi connectivity index (χ1) is 23.0. The molecule has 1 fully saturated rings. The Balaban J connectivity index is 1.22. The van der Waals surface area contributed by atoms with Gasteiger partial charge in [0.15, 0.2) is 0 Å². The Morgan fingerprint density at radius 3 is 2.04 bits per heavy atom. The van der Waals surface area contributed by atoms with Gasteiger partial charge in [0.05, 0.1) is 6.54 Å². The summed E-state index contributed by atoms with van der Waals surface area (Å²) < 4.78 is 0. The molecule has 0 aromatic heterocycles. The zero-order valence-corrected chi connectivity index (χ0v) is 28.1. The predicted octanol–water partition coefficient (Wildman–Crippen LogP) is 6.48. The Hall–Kier alpha value is -4.75. The molecule has 0 bridgehead atoms. The molecule has 6 rings (SSSR count). The van der Waals surface area contributed by atoms with Crippen molar-refractivity contribution in [3.63, 3.8) is 0 Å². The number of fused-ring (bicyclic) bond motifs is 1. The predicted molar refractivity (Wildman–Crippen MR) is 189 cm³/mol. The van der Waals surface area contributed by atoms with Crippen LogP contribution in [0.15, 0.2) is 97.1 Å². The standard InChI is InChI=1S/C41H45N3O4/c1-41(2,3)35-19-17-31(18-20-35)32-15-16-33-25-37(44(26-34(33)24-32)38(45)27-43-21-7-8-22-43)39(46)42-36(40(47)48)23-28-11-13-30(14-12-28)29-9-5-4-6-10-29/h4-6,9-20,24,36-37H,7-8,21-23,25-27H2,1-3H3,(H,42,46)(H,47,48)/t36-,37-/m0/s1. The van der Waals surface area contributed by atoms with Gasteiger partial charge >= 0.3 is 5.97 Å². The van der Waals surface area contributed by atoms with E-state index in [1.54, 1.807) is 4.90 Å². The molecule has 7 heteroatoms. The Bertz CT molecular complexity index is 1750. The maximum Gasteiger partial charge on any atom is 0.326 e. The van der Waals surface area contributed by atoms with Crippen LogP contribution in [0.25, 0.3) is 22.3 Å². The number of nitrogens with one attached hydrogen (secondary N) is 1. The lowest BCUT2D eigenvalue weighted by molar-refractivity contribution is -0.145. The SMILES string of the molecule is CC(C)(C)c1ccc(-c2ccc3c(c2)CN(C(=O)CN2CCCC2)[C@H](C(=O)N[C@@H](Cc2ccc(-c4ccccc4)cc2)C(=O)O)C3)cc1. The average Bonchev–Trinajstić information content (AvgIpc) is 3.60. The minimum Gasteiger partial charge on any atom is -0.480 e. The fourth-order valence-electron chi connectivity index (χ4n) is 6.81. The summed E-state index contributed by atoms with van der Waals surface area (Å²) in [4.78, 5) is 43.9. The van der Waals surface area contributed by atoms with Gasteiger partial charge in [0.1, 0.15) is 12.1 Å². The van der Waals surface area contributed by atoms with E-state index in [1.165, 1.54) is 5.56 Å². The van der Waals surface area contributed by atoms with Crippen molar-refractivity contribution < 1.29 is 19.5 Å². The van der Waals surface area contributed by atoms with Crippen LogP contribution in [0.2, 0.25) is 0 Å². The van der Waals surface area contributed by atoms with Crippen LogP contribution < -0.4 is 5.32 Å². The van der Waals surface area contributed by atoms with Crippen molar-refractivity contribution in [2.24, 2.45) is 0 Å². The van der Waals surface area contributed by atoms with E-state index in [-0.39, 0.29) is 24.3 Å². The summed E-state index contributed by atoms with van der Waals surface area (Å²) >= 11 is 0. The van der Waals surface area contributed by atoms with Crippen LogP contribution in [0.1, 0.15) is 55.9 Å². The highest BCUT2D eigenvalue weighted by atomic mass is 16.4. The molecule has 4 aromatic carbocycles. The first-order valence-corrected chi connectivity index (χ1v) is 17.0. The third-order valence-corrected chi connectivity index (χ3v) is 9.72. The lowest BCUT2D eigenvalue weighted by Gasteiger charge is -2.37. The average molecular weight is 644 g/mol. The van der Waals surface area contributed by atoms with E-state index in [2.05, 4.69) is 67.4 Å². The van der Waals surface area contributed by atoms with Crippen molar-refractivity contribution >= 4 is 17.8 Å². The van der Waals surface area contributed by atoms with Crippen molar-refractivity contribution in [1.29, 1.82) is 0 Å². The monoisotopic (exact) mass is 643 g/mol. The summed E-state index contributed by atoms with van der Waals surface area (Å²) in [7, 11) is 0. The molecule has 2 N–H and O–H groups in total. The normalized spacial score (nSPS) is 17.1. The van der Waals surface area contributed by atoms with E-state index in [9.17, 15) is 19.5 Å². The maximum atomic E-state index is 13.9. The summed E-state index contributed by atoms with van der Waals surface area (Å²) in [5, 5.41) is 12.9. The van der Waals surface area contributed by atoms with Crippen molar-refractivity contribution in [3.05, 3.63) is 119 Å². The number of carbonyl (C=O) groups excluding carboxylic acids is 2. The van der Waals surface area contributed by atoms with Crippen LogP contribution in [0.4, 0.5) is 0 Å². The molecular formula is C41H45N3O4. The number of benzene rings is 4. The number of likely N-dealkylation sites (tertiary alicyclic amines) is 1. The second-order valence-electron chi connectivity index (χ2n) is 14.2. The Labute approximate surface area is 283 Å². The molecule has 2 amide bonds. The van der Waals surface area contributed by atoms with Gasteiger partial charge in [-0.3, -0.25) is 14.5 Å². The molecule has 2 aliphatic heterocycles. The zero-order valence-electron chi connectivity index (χ0n) is 28.1. The number of hydrogen-bond acceptors (Lipinski definition) is 4. The van der Waals surface area contributed by atoms with Gasteiger partial charge in [-0.25, -0.2) is 4.79 Å². The fourth-order valence-corrected chi connectivity index (χ4v) is 6.81. The highest BCUT2D eigenvalue weighted by Crippen LogP contribution is 2.31. The number of hydrogen-bond donors (Lipinski definition) is 2. The minimum absolute atomic E-state index is 0.0623. The molecule has 48 heavy (non-hydrogen) atoms. The number of carbonyl (C=O) groups is 3. The summed E-state index contributed by atoms with van der Waals surface area (Å²) in [5.74, 6) is -1.65. The lowest BCUT2D eigenvalue weighted by Crippen LogP contribution is -2.57. The van der Waals surface area contributed by atoms with Gasteiger partial charge in [0.2, 0.25) is 11.8 Å². The number of rotatable bonds is 9. The highest BCUT2D eigenvalue weighted by molar-refractivity contribution is 5.92. The van der Waals surface area contributed by atoms with E-state index in [1.807, 2.05) is 60.7 Å². The van der Waals surface area contributed by atoms with Crippen LogP contribution in [-0.2, 0) is 39.2 Å². The smallest absolute Gasteiger partial charge is 0.326 e. The number of carboxylic acid groups (broad SMARTS) is 1. The summed E-state index contributed by atoms with van der Waals surface area (Å²) in [6.45, 7) is 8.88. The lowest BCUT2D eigenvalue weighted by atomic mass is 9.85. The molecule has 0 unspecified atom stereocenters. The number of carboxylic acids is 1. The van der Waals surface area contributed by atoms with E-state index in [0.717, 1.165) is 64.9 Å². The van der Waals surface area contributed by atoms with E-state index in [0.29, 0.717) is 13.0 Å². The first kappa shape index (κ1) is 33.2. The van der Waals surface area contributed by atoms with Crippen LogP contribution in [0.3, 0.4) is 0 Å². The van der Waals surface area contributed by atoms with Gasteiger partial charge in [-0.1, -0.05) is 112 Å². The van der Waals surface area contributed by atoms with E-state index >= 15 is 0 Å². The van der Waals surface area contributed by atoms with Gasteiger partial charge in [-0.05, 0) is 81.9 Å². The van der Waals surface area contributed by atoms with Crippen LogP contribution in [0.5, 0.6) is 0 Å². The van der Waals surface area contributed by atoms with Crippen LogP contribution in [0, 0.1) is 0 Å². The number of nitrogens with zero attached hydrogens (tertiary/aromatic N) is 2. The van der Waals surface area contributed by atoms with Crippen molar-refractivity contribution in [1.82, 2.24) is 15.1 Å². The molecule has 0 aliphatic carbocycles. The van der Waals surface area contributed by atoms with Gasteiger partial charge in [0, 0.05) is 19.4 Å². The number of amides is 2. The molecular weight excluding hydrogens is 598 g/mol. The van der Waals surface area contributed by atoms with E-state index < -0.39 is 24.0 Å². The minimum atomic E-state index is -1.13. The van der Waals surface area contributed by atoms with Crippen LogP contribution in [-0.4, -0.2) is 64.4 Å². The second kappa shape index (κ2) is 14.2. The molecule has 0 saturated carbocycles. The Morgan fingerprint density at radius 2 is 1.40 bits per heavy atom. The van der Waals surface area contributed by atoms with Gasteiger partial charge in [-0.2, -0.15) is 0 Å². The van der Waals surface area contributed by atoms with Crippen LogP contribution >= 0.6 is 0 Å². The first-order valence-electron chi connectivity index (χ1n) is 17.0. The molecule has 4 aromatic rings. The molecule has 1 saturated heterocycles. The topological polar surface area (TPSA) is 90.0 Å². The quantitative estimate of drug-likeness (QED) is 0.218. The third kappa shape index (κ3) is 7.69. The van der Waals surface area contributed by atoms with E-state index in [4.69, 9.17) is 0 Å². The molecule has 0 spiro atoms. The zero-order chi connectivity index (χ0) is 33.8. The Kier molecular flexibility index (Phi) is 9.78. The fraction of sp³-hybridized carbons (Fsp3) is 0.341. The molecule has 2 heterocycles. The van der Waals surface area contributed by atoms with Gasteiger partial charge in [0.25, 0.3) is 0 Å². The maximum absolute atomic E-state index is 13.9. The largest absolute Gasteiger partial charge is 0.480 e. The molecule has 248 valence electrons. The molecule has 2 aliphatic rings. The van der Waals surface area contributed by atoms with Crippen molar-refractivity contribution in [3.8, 4) is 22.3 Å². The Morgan fingerprint density at radius 1 is 0.792 bits per heavy atom. The second-order valence-corrected chi connectivity index (χ2v) is 14.2. The van der Waals surface area contributed by atoms with Crippen molar-refractivity contribution in [2.75, 3.05) is 19.6 Å². The molecule has 0 radical (unpaired) electrons. The summed E-state index contributed by atoms with van der Waals surface area (Å²) in [6, 6.07) is 30.6. The van der Waals surface area contributed by atoms with Gasteiger partial charge < -0.3 is 15.3 Å². The van der Waals surface area contributed by atoms with Crippen molar-refractivity contribution in [2.45, 2.75) is 70.5 Å². The molecule has 7 nitrogen and oxygen atoms in total. The molecule has 2 atom stereocenters. The number of aliphatic carboxylic acids is 1.